The lowest BCUT2D eigenvalue weighted by Gasteiger charge is -2.08. The van der Waals surface area contributed by atoms with Crippen LogP contribution in [-0.2, 0) is 9.05 Å². The molecule has 0 amide bonds. The predicted octanol–water partition coefficient (Wildman–Crippen LogP) is 1.11. The summed E-state index contributed by atoms with van der Waals surface area (Å²) in [4.78, 5) is 20.2. The summed E-state index contributed by atoms with van der Waals surface area (Å²) in [5, 5.41) is 10.3. The van der Waals surface area contributed by atoms with Crippen LogP contribution in [-0.4, -0.2) is 24.7 Å². The molecular weight excluding hydrogens is 321 g/mol. The van der Waals surface area contributed by atoms with Crippen molar-refractivity contribution < 1.29 is 31.2 Å². The fourth-order valence-electron chi connectivity index (χ4n) is 1.03. The molecule has 0 unspecified atom stereocenters. The summed E-state index contributed by atoms with van der Waals surface area (Å²) in [6.07, 6.45) is -5.38. The molecule has 0 bridgehead atoms. The van der Waals surface area contributed by atoms with E-state index in [0.29, 0.717) is 0 Å². The summed E-state index contributed by atoms with van der Waals surface area (Å²) in [5.41, 5.74) is -1.61. The van der Waals surface area contributed by atoms with Crippen molar-refractivity contribution in [3.63, 3.8) is 0 Å². The predicted molar refractivity (Wildman–Crippen MR) is 53.4 cm³/mol. The van der Waals surface area contributed by atoms with E-state index in [2.05, 4.69) is 4.74 Å². The monoisotopic (exact) mass is 322 g/mol. The molecule has 13 heteroatoms. The maximum absolute atomic E-state index is 12.0. The second-order valence-electron chi connectivity index (χ2n) is 2.92. The zero-order chi connectivity index (χ0) is 15.0. The topological polar surface area (TPSA) is 119 Å². The fourth-order valence-corrected chi connectivity index (χ4v) is 2.08. The Hall–Kier alpha value is -1.82. The Kier molecular flexibility index (Phi) is 3.77. The third-order valence-electron chi connectivity index (χ3n) is 1.60. The second-order valence-corrected chi connectivity index (χ2v) is 5.42. The number of nitrogens with one attached hydrogen (secondary N) is 1. The first kappa shape index (κ1) is 15.2. The second kappa shape index (κ2) is 4.70. The first-order valence-electron chi connectivity index (χ1n) is 4.04. The van der Waals surface area contributed by atoms with Gasteiger partial charge in [-0.2, -0.15) is 0 Å². The zero-order valence-corrected chi connectivity index (χ0v) is 9.97. The van der Waals surface area contributed by atoms with E-state index in [-0.39, 0.29) is 6.07 Å². The Labute approximate surface area is 106 Å². The molecule has 1 aromatic rings. The lowest BCUT2D eigenvalue weighted by Crippen LogP contribution is -2.23. The summed E-state index contributed by atoms with van der Waals surface area (Å²) in [6.45, 7) is 0. The molecule has 0 saturated heterocycles. The maximum Gasteiger partial charge on any atom is 0.575 e. The van der Waals surface area contributed by atoms with Gasteiger partial charge < -0.3 is 14.9 Å². The van der Waals surface area contributed by atoms with Crippen molar-refractivity contribution in [1.29, 1.82) is 0 Å². The Morgan fingerprint density at radius 2 is 1.95 bits per heavy atom. The molecule has 1 heterocycles. The van der Waals surface area contributed by atoms with Gasteiger partial charge in [-0.15, -0.1) is 13.2 Å². The van der Waals surface area contributed by atoms with E-state index in [4.69, 9.17) is 10.7 Å². The Balaban J connectivity index is 3.64. The minimum absolute atomic E-state index is 0.165. The van der Waals surface area contributed by atoms with Crippen LogP contribution in [0.25, 0.3) is 0 Å². The molecule has 0 aliphatic heterocycles. The van der Waals surface area contributed by atoms with Crippen molar-refractivity contribution in [3.8, 4) is 5.88 Å². The Morgan fingerprint density at radius 3 is 2.32 bits per heavy atom. The highest BCUT2D eigenvalue weighted by Crippen LogP contribution is 2.28. The standard InChI is InChI=1S/C6H2ClF3N2O6S/c7-19(16,17)4-2(13)1-3(12(14)15)11-5(4)18-6(8,9)10/h1H,(H,11,13). The van der Waals surface area contributed by atoms with Gasteiger partial charge >= 0.3 is 18.1 Å². The van der Waals surface area contributed by atoms with Gasteiger partial charge in [0.2, 0.25) is 10.3 Å². The number of hydrogen-bond donors (Lipinski definition) is 1. The number of halogens is 4. The number of hydrogen-bond acceptors (Lipinski definition) is 6. The van der Waals surface area contributed by atoms with E-state index in [1.807, 2.05) is 0 Å². The summed E-state index contributed by atoms with van der Waals surface area (Å²) in [7, 11) is -0.133. The first-order valence-corrected chi connectivity index (χ1v) is 6.35. The molecule has 1 N–H and O–H groups in total. The number of alkyl halides is 3. The van der Waals surface area contributed by atoms with Gasteiger partial charge in [0.1, 0.15) is 0 Å². The number of aromatic nitrogens is 1. The van der Waals surface area contributed by atoms with Crippen LogP contribution in [0.2, 0.25) is 0 Å². The lowest BCUT2D eigenvalue weighted by atomic mass is 10.4. The van der Waals surface area contributed by atoms with E-state index in [1.165, 1.54) is 4.98 Å². The van der Waals surface area contributed by atoms with Crippen molar-refractivity contribution in [3.05, 3.63) is 26.4 Å². The molecule has 19 heavy (non-hydrogen) atoms. The molecule has 0 aliphatic carbocycles. The van der Waals surface area contributed by atoms with Gasteiger partial charge in [-0.05, 0) is 4.92 Å². The molecule has 1 rings (SSSR count). The Bertz CT molecular complexity index is 681. The molecule has 0 aliphatic rings. The summed E-state index contributed by atoms with van der Waals surface area (Å²) < 4.78 is 61.2. The van der Waals surface area contributed by atoms with Crippen molar-refractivity contribution in [2.45, 2.75) is 11.3 Å². The van der Waals surface area contributed by atoms with Crippen molar-refractivity contribution >= 4 is 25.6 Å². The average Bonchev–Trinajstić information content (AvgIpc) is 2.10. The van der Waals surface area contributed by atoms with E-state index in [9.17, 15) is 36.5 Å². The fraction of sp³-hybridized carbons (Fsp3) is 0.167. The highest BCUT2D eigenvalue weighted by molar-refractivity contribution is 8.13. The number of nitrogens with zero attached hydrogens (tertiary/aromatic N) is 1. The molecule has 0 aromatic carbocycles. The molecule has 0 atom stereocenters. The van der Waals surface area contributed by atoms with E-state index in [1.54, 1.807) is 0 Å². The van der Waals surface area contributed by atoms with Gasteiger partial charge in [0.25, 0.3) is 9.05 Å². The molecule has 8 nitrogen and oxygen atoms in total. The van der Waals surface area contributed by atoms with Gasteiger partial charge in [-0.1, -0.05) is 0 Å². The lowest BCUT2D eigenvalue weighted by molar-refractivity contribution is -0.390. The van der Waals surface area contributed by atoms with Crippen molar-refractivity contribution in [1.82, 2.24) is 4.98 Å². The van der Waals surface area contributed by atoms with Crippen molar-refractivity contribution in [2.24, 2.45) is 0 Å². The van der Waals surface area contributed by atoms with Crippen LogP contribution in [0, 0.1) is 10.1 Å². The minimum Gasteiger partial charge on any atom is -0.368 e. The van der Waals surface area contributed by atoms with Crippen LogP contribution in [0.4, 0.5) is 19.0 Å². The summed E-state index contributed by atoms with van der Waals surface area (Å²) >= 11 is 0. The van der Waals surface area contributed by atoms with Gasteiger partial charge in [-0.3, -0.25) is 4.79 Å². The van der Waals surface area contributed by atoms with Crippen LogP contribution in [0.15, 0.2) is 15.8 Å². The third kappa shape index (κ3) is 3.82. The van der Waals surface area contributed by atoms with Gasteiger partial charge in [-0.25, -0.2) is 13.4 Å². The maximum atomic E-state index is 12.0. The van der Waals surface area contributed by atoms with Gasteiger partial charge in [0.15, 0.2) is 0 Å². The third-order valence-corrected chi connectivity index (χ3v) is 2.93. The first-order chi connectivity index (χ1) is 8.42. The van der Waals surface area contributed by atoms with Crippen molar-refractivity contribution in [2.75, 3.05) is 0 Å². The molecule has 0 fully saturated rings. The van der Waals surface area contributed by atoms with Crippen LogP contribution >= 0.6 is 10.7 Å². The largest absolute Gasteiger partial charge is 0.575 e. The number of aromatic amines is 1. The number of ether oxygens (including phenoxy) is 1. The number of H-pyrrole nitrogens is 1. The molecule has 0 saturated carbocycles. The van der Waals surface area contributed by atoms with Crippen LogP contribution < -0.4 is 10.2 Å². The molecule has 1 aromatic heterocycles. The SMILES string of the molecule is O=c1cc([N+](=O)[O-])[nH]c(OC(F)(F)F)c1S(=O)(=O)Cl. The van der Waals surface area contributed by atoms with E-state index < -0.39 is 42.4 Å². The number of nitro groups is 1. The zero-order valence-electron chi connectivity index (χ0n) is 8.39. The molecule has 0 spiro atoms. The summed E-state index contributed by atoms with van der Waals surface area (Å²) in [6, 6.07) is 0.165. The molecule has 0 radical (unpaired) electrons. The number of rotatable bonds is 3. The average molecular weight is 323 g/mol. The van der Waals surface area contributed by atoms with E-state index in [0.717, 1.165) is 0 Å². The van der Waals surface area contributed by atoms with Crippen LogP contribution in [0.5, 0.6) is 5.88 Å². The van der Waals surface area contributed by atoms with E-state index >= 15 is 0 Å². The van der Waals surface area contributed by atoms with Crippen LogP contribution in [0.3, 0.4) is 0 Å². The number of pyridine rings is 1. The minimum atomic E-state index is -5.38. The highest BCUT2D eigenvalue weighted by atomic mass is 35.7. The summed E-state index contributed by atoms with van der Waals surface area (Å²) in [5.74, 6) is -2.87. The smallest absolute Gasteiger partial charge is 0.368 e. The Morgan fingerprint density at radius 1 is 1.42 bits per heavy atom. The van der Waals surface area contributed by atoms with Crippen LogP contribution in [0.1, 0.15) is 0 Å². The van der Waals surface area contributed by atoms with Gasteiger partial charge in [0.05, 0.1) is 6.07 Å². The quantitative estimate of drug-likeness (QED) is 0.505. The molecular formula is C6H2ClF3N2O6S. The molecule has 106 valence electrons. The van der Waals surface area contributed by atoms with Gasteiger partial charge in [0, 0.05) is 10.7 Å². The normalized spacial score (nSPS) is 12.2. The highest BCUT2D eigenvalue weighted by Gasteiger charge is 2.38.